The molecule has 2 saturated carbocycles. The van der Waals surface area contributed by atoms with Crippen molar-refractivity contribution in [2.24, 2.45) is 17.8 Å². The standard InChI is InChI=1S/C27H30N2O6/c1-14(30)24(26(32)33)29-25(31)16-10-15-12-23(21(15)11-16)28-27(34)35-13-22-19-8-4-2-6-17(19)18-7-3-5-9-20(18)22/h2-9,14-16,21-24,30H,10-13H2,1H3,(H,28,34)(H,29,31)(H,32,33). The van der Waals surface area contributed by atoms with Crippen molar-refractivity contribution in [1.29, 1.82) is 0 Å². The summed E-state index contributed by atoms with van der Waals surface area (Å²) in [6.07, 6.45) is 0.376. The number of hydrogen-bond donors (Lipinski definition) is 4. The Morgan fingerprint density at radius 2 is 1.63 bits per heavy atom. The van der Waals surface area contributed by atoms with Crippen molar-refractivity contribution in [3.05, 3.63) is 59.7 Å². The first kappa shape index (κ1) is 23.4. The normalized spacial score (nSPS) is 25.9. The van der Waals surface area contributed by atoms with Gasteiger partial charge in [0.05, 0.1) is 6.10 Å². The van der Waals surface area contributed by atoms with Crippen LogP contribution in [0.3, 0.4) is 0 Å². The maximum Gasteiger partial charge on any atom is 0.407 e. The largest absolute Gasteiger partial charge is 0.480 e. The van der Waals surface area contributed by atoms with E-state index in [4.69, 9.17) is 4.74 Å². The molecule has 0 radical (unpaired) electrons. The molecule has 6 unspecified atom stereocenters. The number of alkyl carbamates (subject to hydrolysis) is 1. The third kappa shape index (κ3) is 4.38. The average Bonchev–Trinajstić information content (AvgIpc) is 3.34. The molecule has 3 aliphatic carbocycles. The maximum absolute atomic E-state index is 12.6. The molecule has 0 heterocycles. The van der Waals surface area contributed by atoms with Gasteiger partial charge in [0.25, 0.3) is 0 Å². The van der Waals surface area contributed by atoms with Gasteiger partial charge in [-0.25, -0.2) is 9.59 Å². The van der Waals surface area contributed by atoms with Crippen LogP contribution in [0.4, 0.5) is 4.79 Å². The summed E-state index contributed by atoms with van der Waals surface area (Å²) in [5.74, 6) is -1.45. The minimum atomic E-state index is -1.32. The van der Waals surface area contributed by atoms with Crippen molar-refractivity contribution in [3.8, 4) is 11.1 Å². The van der Waals surface area contributed by atoms with Gasteiger partial charge >= 0.3 is 12.1 Å². The fraction of sp³-hybridized carbons (Fsp3) is 0.444. The van der Waals surface area contributed by atoms with Crippen molar-refractivity contribution in [3.63, 3.8) is 0 Å². The van der Waals surface area contributed by atoms with Gasteiger partial charge in [-0.1, -0.05) is 48.5 Å². The molecular formula is C27H30N2O6. The van der Waals surface area contributed by atoms with Crippen molar-refractivity contribution in [2.75, 3.05) is 6.61 Å². The summed E-state index contributed by atoms with van der Waals surface area (Å²) in [5, 5.41) is 24.2. The highest BCUT2D eigenvalue weighted by Crippen LogP contribution is 2.50. The van der Waals surface area contributed by atoms with Gasteiger partial charge in [0, 0.05) is 17.9 Å². The Bertz CT molecular complexity index is 1100. The smallest absolute Gasteiger partial charge is 0.407 e. The second-order valence-corrected chi connectivity index (χ2v) is 9.97. The molecule has 0 aromatic heterocycles. The highest BCUT2D eigenvalue weighted by atomic mass is 16.5. The van der Waals surface area contributed by atoms with Crippen LogP contribution in [0.2, 0.25) is 0 Å². The quantitative estimate of drug-likeness (QED) is 0.485. The number of aliphatic hydroxyl groups is 1. The van der Waals surface area contributed by atoms with Gasteiger partial charge in [-0.3, -0.25) is 4.79 Å². The van der Waals surface area contributed by atoms with Crippen LogP contribution >= 0.6 is 0 Å². The molecule has 0 saturated heterocycles. The first-order valence-corrected chi connectivity index (χ1v) is 12.2. The van der Waals surface area contributed by atoms with Gasteiger partial charge in [0.1, 0.15) is 6.61 Å². The van der Waals surface area contributed by atoms with Crippen molar-refractivity contribution < 1.29 is 29.3 Å². The third-order valence-corrected chi connectivity index (χ3v) is 7.89. The molecule has 0 aliphatic heterocycles. The number of aliphatic hydroxyl groups excluding tert-OH is 1. The van der Waals surface area contributed by atoms with E-state index >= 15 is 0 Å². The summed E-state index contributed by atoms with van der Waals surface area (Å²) >= 11 is 0. The lowest BCUT2D eigenvalue weighted by atomic mass is 9.71. The van der Waals surface area contributed by atoms with Crippen LogP contribution in [0.5, 0.6) is 0 Å². The number of fused-ring (bicyclic) bond motifs is 4. The summed E-state index contributed by atoms with van der Waals surface area (Å²) in [5.41, 5.74) is 4.67. The summed E-state index contributed by atoms with van der Waals surface area (Å²) < 4.78 is 5.65. The lowest BCUT2D eigenvalue weighted by Gasteiger charge is -2.40. The monoisotopic (exact) mass is 478 g/mol. The van der Waals surface area contributed by atoms with Gasteiger partial charge in [-0.05, 0) is 60.3 Å². The lowest BCUT2D eigenvalue weighted by molar-refractivity contribution is -0.145. The fourth-order valence-corrected chi connectivity index (χ4v) is 6.06. The van der Waals surface area contributed by atoms with Gasteiger partial charge in [0.15, 0.2) is 6.04 Å². The number of hydrogen-bond acceptors (Lipinski definition) is 5. The first-order chi connectivity index (χ1) is 16.8. The van der Waals surface area contributed by atoms with Crippen molar-refractivity contribution in [2.45, 2.75) is 50.3 Å². The summed E-state index contributed by atoms with van der Waals surface area (Å²) in [7, 11) is 0. The molecule has 6 atom stereocenters. The zero-order chi connectivity index (χ0) is 24.7. The fourth-order valence-electron chi connectivity index (χ4n) is 6.06. The molecule has 2 amide bonds. The molecule has 8 heteroatoms. The molecule has 2 aromatic carbocycles. The van der Waals surface area contributed by atoms with Crippen LogP contribution in [-0.4, -0.2) is 53.0 Å². The van der Waals surface area contributed by atoms with E-state index in [1.807, 2.05) is 24.3 Å². The second kappa shape index (κ2) is 9.34. The summed E-state index contributed by atoms with van der Waals surface area (Å²) in [4.78, 5) is 36.4. The zero-order valence-corrected chi connectivity index (χ0v) is 19.5. The zero-order valence-electron chi connectivity index (χ0n) is 19.5. The summed E-state index contributed by atoms with van der Waals surface area (Å²) in [6, 6.07) is 15.0. The Kier molecular flexibility index (Phi) is 6.23. The molecule has 0 spiro atoms. The van der Waals surface area contributed by atoms with E-state index in [1.165, 1.54) is 18.1 Å². The number of carboxylic acid groups (broad SMARTS) is 1. The number of benzene rings is 2. The van der Waals surface area contributed by atoms with Crippen LogP contribution in [0.25, 0.3) is 11.1 Å². The number of nitrogens with one attached hydrogen (secondary N) is 2. The Balaban J connectivity index is 1.14. The molecule has 184 valence electrons. The number of carbonyl (C=O) groups excluding carboxylic acids is 2. The molecule has 8 nitrogen and oxygen atoms in total. The van der Waals surface area contributed by atoms with E-state index in [1.54, 1.807) is 0 Å². The highest BCUT2D eigenvalue weighted by Gasteiger charge is 2.50. The number of ether oxygens (including phenoxy) is 1. The van der Waals surface area contributed by atoms with Gasteiger partial charge in [-0.2, -0.15) is 0 Å². The summed E-state index contributed by atoms with van der Waals surface area (Å²) in [6.45, 7) is 1.59. The predicted molar refractivity (Wildman–Crippen MR) is 128 cm³/mol. The lowest BCUT2D eigenvalue weighted by Crippen LogP contribution is -2.50. The molecule has 4 N–H and O–H groups in total. The van der Waals surface area contributed by atoms with E-state index < -0.39 is 24.2 Å². The van der Waals surface area contributed by atoms with Gasteiger partial charge < -0.3 is 25.6 Å². The number of rotatable bonds is 7. The Hall–Kier alpha value is -3.39. The topological polar surface area (TPSA) is 125 Å². The number of carbonyl (C=O) groups is 3. The van der Waals surface area contributed by atoms with Crippen molar-refractivity contribution >= 4 is 18.0 Å². The Morgan fingerprint density at radius 1 is 1.00 bits per heavy atom. The minimum absolute atomic E-state index is 0.00190. The molecule has 3 aliphatic rings. The Labute approximate surface area is 203 Å². The van der Waals surface area contributed by atoms with Crippen LogP contribution < -0.4 is 10.6 Å². The van der Waals surface area contributed by atoms with Crippen LogP contribution in [0, 0.1) is 17.8 Å². The van der Waals surface area contributed by atoms with E-state index in [-0.39, 0.29) is 36.3 Å². The van der Waals surface area contributed by atoms with E-state index in [0.717, 1.165) is 17.5 Å². The van der Waals surface area contributed by atoms with Crippen molar-refractivity contribution in [1.82, 2.24) is 10.6 Å². The molecule has 5 rings (SSSR count). The van der Waals surface area contributed by atoms with E-state index in [9.17, 15) is 24.6 Å². The molecule has 2 fully saturated rings. The van der Waals surface area contributed by atoms with Crippen LogP contribution in [0.15, 0.2) is 48.5 Å². The van der Waals surface area contributed by atoms with Gasteiger partial charge in [0.2, 0.25) is 5.91 Å². The maximum atomic E-state index is 12.6. The minimum Gasteiger partial charge on any atom is -0.480 e. The molecule has 35 heavy (non-hydrogen) atoms. The predicted octanol–water partition coefficient (Wildman–Crippen LogP) is 2.89. The number of aliphatic carboxylic acids is 1. The van der Waals surface area contributed by atoms with Crippen LogP contribution in [-0.2, 0) is 14.3 Å². The first-order valence-electron chi connectivity index (χ1n) is 12.2. The SMILES string of the molecule is CC(O)C(NC(=O)C1CC2CC(NC(=O)OCC3c4ccccc4-c4ccccc43)C2C1)C(=O)O. The van der Waals surface area contributed by atoms with E-state index in [2.05, 4.69) is 34.9 Å². The molecule has 0 bridgehead atoms. The molecule has 2 aromatic rings. The van der Waals surface area contributed by atoms with Gasteiger partial charge in [-0.15, -0.1) is 0 Å². The highest BCUT2D eigenvalue weighted by molar-refractivity contribution is 5.85. The Morgan fingerprint density at radius 3 is 2.23 bits per heavy atom. The average molecular weight is 479 g/mol. The second-order valence-electron chi connectivity index (χ2n) is 9.97. The molecular weight excluding hydrogens is 448 g/mol. The third-order valence-electron chi connectivity index (χ3n) is 7.89. The van der Waals surface area contributed by atoms with Crippen LogP contribution in [0.1, 0.15) is 43.2 Å². The number of amides is 2. The number of carboxylic acids is 1. The van der Waals surface area contributed by atoms with E-state index in [0.29, 0.717) is 18.8 Å².